The SMILES string of the molecule is CC(C)C1CCCN1C(=O)c1ccnc(N)c1F. The van der Waals surface area contributed by atoms with Crippen molar-refractivity contribution < 1.29 is 9.18 Å². The topological polar surface area (TPSA) is 59.2 Å². The van der Waals surface area contributed by atoms with Gasteiger partial charge in [-0.25, -0.2) is 9.37 Å². The van der Waals surface area contributed by atoms with Crippen LogP contribution in [0.1, 0.15) is 37.0 Å². The number of nitrogen functional groups attached to an aromatic ring is 1. The van der Waals surface area contributed by atoms with Crippen molar-refractivity contribution in [2.45, 2.75) is 32.7 Å². The molecule has 1 unspecified atom stereocenters. The van der Waals surface area contributed by atoms with Crippen LogP contribution in [0.15, 0.2) is 12.3 Å². The van der Waals surface area contributed by atoms with Gasteiger partial charge < -0.3 is 10.6 Å². The van der Waals surface area contributed by atoms with Crippen LogP contribution in [0.3, 0.4) is 0 Å². The quantitative estimate of drug-likeness (QED) is 0.875. The maximum Gasteiger partial charge on any atom is 0.257 e. The lowest BCUT2D eigenvalue weighted by molar-refractivity contribution is 0.0696. The van der Waals surface area contributed by atoms with Crippen LogP contribution in [0.2, 0.25) is 0 Å². The van der Waals surface area contributed by atoms with E-state index in [2.05, 4.69) is 18.8 Å². The van der Waals surface area contributed by atoms with E-state index in [1.165, 1.54) is 12.3 Å². The van der Waals surface area contributed by atoms with Crippen LogP contribution in [0, 0.1) is 11.7 Å². The number of amides is 1. The Kier molecular flexibility index (Phi) is 3.50. The lowest BCUT2D eigenvalue weighted by Gasteiger charge is -2.27. The second kappa shape index (κ2) is 4.92. The van der Waals surface area contributed by atoms with Crippen LogP contribution in [0.5, 0.6) is 0 Å². The summed E-state index contributed by atoms with van der Waals surface area (Å²) in [7, 11) is 0. The third kappa shape index (κ3) is 2.17. The number of rotatable bonds is 2. The maximum absolute atomic E-state index is 13.8. The summed E-state index contributed by atoms with van der Waals surface area (Å²) < 4.78 is 13.8. The third-order valence-electron chi connectivity index (χ3n) is 3.48. The Morgan fingerprint density at radius 2 is 2.33 bits per heavy atom. The smallest absolute Gasteiger partial charge is 0.257 e. The molecule has 5 heteroatoms. The minimum atomic E-state index is -0.711. The number of likely N-dealkylation sites (tertiary alicyclic amines) is 1. The highest BCUT2D eigenvalue weighted by Crippen LogP contribution is 2.26. The number of nitrogens with two attached hydrogens (primary N) is 1. The molecule has 1 aliphatic rings. The molecule has 0 radical (unpaired) electrons. The number of hydrogen-bond acceptors (Lipinski definition) is 3. The highest BCUT2D eigenvalue weighted by molar-refractivity contribution is 5.95. The first kappa shape index (κ1) is 12.8. The zero-order valence-corrected chi connectivity index (χ0v) is 10.7. The fourth-order valence-corrected chi connectivity index (χ4v) is 2.52. The lowest BCUT2D eigenvalue weighted by atomic mass is 10.0. The van der Waals surface area contributed by atoms with Crippen LogP contribution < -0.4 is 5.73 Å². The molecule has 0 aromatic carbocycles. The van der Waals surface area contributed by atoms with E-state index in [1.807, 2.05) is 0 Å². The van der Waals surface area contributed by atoms with Crippen molar-refractivity contribution in [3.05, 3.63) is 23.6 Å². The fraction of sp³-hybridized carbons (Fsp3) is 0.538. The fourth-order valence-electron chi connectivity index (χ4n) is 2.52. The highest BCUT2D eigenvalue weighted by Gasteiger charge is 2.32. The molecule has 0 aliphatic carbocycles. The number of carbonyl (C=O) groups excluding carboxylic acids is 1. The number of halogens is 1. The lowest BCUT2D eigenvalue weighted by Crippen LogP contribution is -2.39. The Balaban J connectivity index is 2.28. The summed E-state index contributed by atoms with van der Waals surface area (Å²) in [5, 5.41) is 0. The minimum Gasteiger partial charge on any atom is -0.381 e. The summed E-state index contributed by atoms with van der Waals surface area (Å²) in [5.74, 6) is -0.838. The van der Waals surface area contributed by atoms with E-state index >= 15 is 0 Å². The van der Waals surface area contributed by atoms with Crippen molar-refractivity contribution in [3.8, 4) is 0 Å². The van der Waals surface area contributed by atoms with Gasteiger partial charge in [-0.2, -0.15) is 0 Å². The first-order chi connectivity index (χ1) is 8.52. The number of aromatic nitrogens is 1. The molecule has 1 amide bonds. The van der Waals surface area contributed by atoms with Crippen LogP contribution in [-0.2, 0) is 0 Å². The van der Waals surface area contributed by atoms with E-state index in [-0.39, 0.29) is 23.3 Å². The molecule has 0 bridgehead atoms. The van der Waals surface area contributed by atoms with Gasteiger partial charge in [-0.3, -0.25) is 4.79 Å². The molecule has 2 heterocycles. The largest absolute Gasteiger partial charge is 0.381 e. The first-order valence-electron chi connectivity index (χ1n) is 6.23. The summed E-state index contributed by atoms with van der Waals surface area (Å²) in [6.45, 7) is 4.84. The average molecular weight is 251 g/mol. The van der Waals surface area contributed by atoms with Gasteiger partial charge in [0.15, 0.2) is 11.6 Å². The molecule has 1 aromatic heterocycles. The van der Waals surface area contributed by atoms with Crippen molar-refractivity contribution in [2.75, 3.05) is 12.3 Å². The third-order valence-corrected chi connectivity index (χ3v) is 3.48. The zero-order valence-electron chi connectivity index (χ0n) is 10.7. The predicted molar refractivity (Wildman–Crippen MR) is 67.5 cm³/mol. The van der Waals surface area contributed by atoms with Crippen LogP contribution in [-0.4, -0.2) is 28.4 Å². The molecule has 2 rings (SSSR count). The second-order valence-corrected chi connectivity index (χ2v) is 5.01. The van der Waals surface area contributed by atoms with Crippen LogP contribution >= 0.6 is 0 Å². The van der Waals surface area contributed by atoms with E-state index in [9.17, 15) is 9.18 Å². The maximum atomic E-state index is 13.8. The monoisotopic (exact) mass is 251 g/mol. The van der Waals surface area contributed by atoms with Gasteiger partial charge in [0.05, 0.1) is 5.56 Å². The summed E-state index contributed by atoms with van der Waals surface area (Å²) in [4.78, 5) is 17.7. The van der Waals surface area contributed by atoms with Crippen LogP contribution in [0.4, 0.5) is 10.2 Å². The summed E-state index contributed by atoms with van der Waals surface area (Å²) in [6, 6.07) is 1.58. The van der Waals surface area contributed by atoms with Gasteiger partial charge in [0, 0.05) is 18.8 Å². The Morgan fingerprint density at radius 1 is 1.61 bits per heavy atom. The van der Waals surface area contributed by atoms with E-state index in [4.69, 9.17) is 5.73 Å². The molecule has 0 spiro atoms. The molecular weight excluding hydrogens is 233 g/mol. The molecule has 1 aromatic rings. The Labute approximate surface area is 106 Å². The average Bonchev–Trinajstić information content (AvgIpc) is 2.81. The second-order valence-electron chi connectivity index (χ2n) is 5.01. The molecule has 0 saturated carbocycles. The molecular formula is C13H18FN3O. The van der Waals surface area contributed by atoms with Gasteiger partial charge in [-0.15, -0.1) is 0 Å². The molecule has 4 nitrogen and oxygen atoms in total. The molecule has 1 fully saturated rings. The van der Waals surface area contributed by atoms with Crippen molar-refractivity contribution in [2.24, 2.45) is 5.92 Å². The van der Waals surface area contributed by atoms with Crippen LogP contribution in [0.25, 0.3) is 0 Å². The van der Waals surface area contributed by atoms with E-state index in [1.54, 1.807) is 4.90 Å². The normalized spacial score (nSPS) is 19.6. The van der Waals surface area contributed by atoms with Crippen molar-refractivity contribution >= 4 is 11.7 Å². The first-order valence-corrected chi connectivity index (χ1v) is 6.23. The summed E-state index contributed by atoms with van der Waals surface area (Å²) in [5.41, 5.74) is 5.42. The summed E-state index contributed by atoms with van der Waals surface area (Å²) >= 11 is 0. The minimum absolute atomic E-state index is 0.0232. The Bertz CT molecular complexity index is 462. The number of carbonyl (C=O) groups is 1. The number of nitrogens with zero attached hydrogens (tertiary/aromatic N) is 2. The zero-order chi connectivity index (χ0) is 13.3. The van der Waals surface area contributed by atoms with E-state index in [0.717, 1.165) is 12.8 Å². The van der Waals surface area contributed by atoms with E-state index in [0.29, 0.717) is 12.5 Å². The predicted octanol–water partition coefficient (Wildman–Crippen LogP) is 2.06. The van der Waals surface area contributed by atoms with Crippen molar-refractivity contribution in [1.29, 1.82) is 0 Å². The number of hydrogen-bond donors (Lipinski definition) is 1. The Morgan fingerprint density at radius 3 is 3.00 bits per heavy atom. The molecule has 1 atom stereocenters. The highest BCUT2D eigenvalue weighted by atomic mass is 19.1. The van der Waals surface area contributed by atoms with Gasteiger partial charge in [0.2, 0.25) is 0 Å². The van der Waals surface area contributed by atoms with Gasteiger partial charge in [-0.05, 0) is 24.8 Å². The molecule has 18 heavy (non-hydrogen) atoms. The van der Waals surface area contributed by atoms with Gasteiger partial charge in [0.25, 0.3) is 5.91 Å². The summed E-state index contributed by atoms with van der Waals surface area (Å²) in [6.07, 6.45) is 3.31. The van der Waals surface area contributed by atoms with Gasteiger partial charge >= 0.3 is 0 Å². The number of anilines is 1. The molecule has 2 N–H and O–H groups in total. The molecule has 98 valence electrons. The van der Waals surface area contributed by atoms with Gasteiger partial charge in [0.1, 0.15) is 0 Å². The van der Waals surface area contributed by atoms with Gasteiger partial charge in [-0.1, -0.05) is 13.8 Å². The molecule has 1 saturated heterocycles. The standard InChI is InChI=1S/C13H18FN3O/c1-8(2)10-4-3-7-17(10)13(18)9-5-6-16-12(15)11(9)14/h5-6,8,10H,3-4,7H2,1-2H3,(H2,15,16). The van der Waals surface area contributed by atoms with E-state index < -0.39 is 5.82 Å². The number of pyridine rings is 1. The Hall–Kier alpha value is -1.65. The van der Waals surface area contributed by atoms with Crippen molar-refractivity contribution in [1.82, 2.24) is 9.88 Å². The van der Waals surface area contributed by atoms with Crippen molar-refractivity contribution in [3.63, 3.8) is 0 Å². The molecule has 1 aliphatic heterocycles.